The highest BCUT2D eigenvalue weighted by atomic mass is 79.9. The fraction of sp³-hybridized carbons (Fsp3) is 0.500. The number of aromatic nitrogens is 1. The van der Waals surface area contributed by atoms with Crippen molar-refractivity contribution in [3.05, 3.63) is 21.7 Å². The summed E-state index contributed by atoms with van der Waals surface area (Å²) in [7, 11) is 0. The van der Waals surface area contributed by atoms with Crippen LogP contribution in [0.3, 0.4) is 0 Å². The lowest BCUT2D eigenvalue weighted by molar-refractivity contribution is 0.780. The number of hydrogen-bond acceptors (Lipinski definition) is 2. The van der Waals surface area contributed by atoms with Gasteiger partial charge in [-0.2, -0.15) is 0 Å². The zero-order valence-electron chi connectivity index (χ0n) is 8.17. The molecule has 0 fully saturated rings. The van der Waals surface area contributed by atoms with Crippen LogP contribution in [0.4, 0.5) is 0 Å². The predicted octanol–water partition coefficient (Wildman–Crippen LogP) is 3.89. The molecule has 0 bridgehead atoms. The van der Waals surface area contributed by atoms with Crippen molar-refractivity contribution in [3.63, 3.8) is 0 Å². The van der Waals surface area contributed by atoms with Gasteiger partial charge in [-0.1, -0.05) is 35.4 Å². The molecule has 1 aromatic heterocycles. The zero-order valence-corrected chi connectivity index (χ0v) is 10.6. The van der Waals surface area contributed by atoms with Crippen molar-refractivity contribution in [3.8, 4) is 0 Å². The Hall–Kier alpha value is -0.150. The highest BCUT2D eigenvalue weighted by molar-refractivity contribution is 9.09. The second-order valence-electron chi connectivity index (χ2n) is 3.32. The number of hydrogen-bond donors (Lipinski definition) is 0. The van der Waals surface area contributed by atoms with Crippen LogP contribution in [0.25, 0.3) is 6.08 Å². The molecule has 1 aromatic rings. The maximum Gasteiger partial charge on any atom is 0.116 e. The Balaban J connectivity index is 2.84. The van der Waals surface area contributed by atoms with Crippen LogP contribution in [-0.4, -0.2) is 10.3 Å². The molecule has 0 aliphatic rings. The number of halogens is 1. The van der Waals surface area contributed by atoms with Gasteiger partial charge in [-0.05, 0) is 18.9 Å². The third kappa shape index (κ3) is 3.24. The topological polar surface area (TPSA) is 12.9 Å². The summed E-state index contributed by atoms with van der Waals surface area (Å²) in [4.78, 5) is 5.57. The molecule has 0 saturated carbocycles. The highest BCUT2D eigenvalue weighted by Gasteiger charge is 2.03. The molecule has 0 saturated heterocycles. The quantitative estimate of drug-likeness (QED) is 0.751. The third-order valence-corrected chi connectivity index (χ3v) is 3.35. The average Bonchev–Trinajstić information content (AvgIpc) is 2.46. The maximum atomic E-state index is 4.31. The molecule has 1 nitrogen and oxygen atoms in total. The van der Waals surface area contributed by atoms with Crippen LogP contribution in [-0.2, 0) is 0 Å². The van der Waals surface area contributed by atoms with Gasteiger partial charge in [0.05, 0.1) is 0 Å². The summed E-state index contributed by atoms with van der Waals surface area (Å²) in [5, 5.41) is 2.05. The van der Waals surface area contributed by atoms with Crippen LogP contribution in [0.1, 0.15) is 23.7 Å². The van der Waals surface area contributed by atoms with Crippen LogP contribution in [0, 0.1) is 12.8 Å². The first-order chi connectivity index (χ1) is 6.13. The molecule has 3 heteroatoms. The highest BCUT2D eigenvalue weighted by Crippen LogP contribution is 2.19. The van der Waals surface area contributed by atoms with E-state index in [2.05, 4.69) is 47.8 Å². The van der Waals surface area contributed by atoms with E-state index >= 15 is 0 Å². The summed E-state index contributed by atoms with van der Waals surface area (Å²) >= 11 is 5.23. The Labute approximate surface area is 92.0 Å². The normalized spacial score (nSPS) is 12.5. The van der Waals surface area contributed by atoms with Crippen LogP contribution in [0.15, 0.2) is 11.8 Å². The van der Waals surface area contributed by atoms with Crippen molar-refractivity contribution in [2.45, 2.75) is 20.8 Å². The number of thiazole rings is 1. The molecule has 0 aromatic carbocycles. The summed E-state index contributed by atoms with van der Waals surface area (Å²) in [6.45, 7) is 6.49. The Morgan fingerprint density at radius 3 is 2.77 bits per heavy atom. The number of allylic oxidation sites excluding steroid dienone is 1. The van der Waals surface area contributed by atoms with E-state index in [-0.39, 0.29) is 0 Å². The number of rotatable bonds is 3. The van der Waals surface area contributed by atoms with Gasteiger partial charge < -0.3 is 0 Å². The lowest BCUT2D eigenvalue weighted by Gasteiger charge is -2.05. The van der Waals surface area contributed by atoms with E-state index < -0.39 is 0 Å². The van der Waals surface area contributed by atoms with Gasteiger partial charge in [-0.25, -0.2) is 4.98 Å². The SMILES string of the molecule is Cc1cnc(/C=C(\CBr)C(C)C)s1. The van der Waals surface area contributed by atoms with Gasteiger partial charge in [-0.3, -0.25) is 0 Å². The molecule has 0 spiro atoms. The van der Waals surface area contributed by atoms with Crippen molar-refractivity contribution in [2.75, 3.05) is 5.33 Å². The van der Waals surface area contributed by atoms with E-state index in [0.717, 1.165) is 10.3 Å². The molecule has 72 valence electrons. The van der Waals surface area contributed by atoms with Crippen LogP contribution in [0.5, 0.6) is 0 Å². The van der Waals surface area contributed by atoms with Crippen molar-refractivity contribution in [1.82, 2.24) is 4.98 Å². The number of nitrogens with zero attached hydrogens (tertiary/aromatic N) is 1. The monoisotopic (exact) mass is 259 g/mol. The van der Waals surface area contributed by atoms with Crippen molar-refractivity contribution < 1.29 is 0 Å². The molecular weight excluding hydrogens is 246 g/mol. The summed E-state index contributed by atoms with van der Waals surface area (Å²) in [5.74, 6) is 0.587. The fourth-order valence-corrected chi connectivity index (χ4v) is 2.52. The number of aryl methyl sites for hydroxylation is 1. The van der Waals surface area contributed by atoms with Crippen LogP contribution >= 0.6 is 27.3 Å². The largest absolute Gasteiger partial charge is 0.245 e. The lowest BCUT2D eigenvalue weighted by Crippen LogP contribution is -1.94. The van der Waals surface area contributed by atoms with Crippen molar-refractivity contribution in [1.29, 1.82) is 0 Å². The van der Waals surface area contributed by atoms with Gasteiger partial charge in [0.15, 0.2) is 0 Å². The number of alkyl halides is 1. The van der Waals surface area contributed by atoms with Crippen molar-refractivity contribution in [2.24, 2.45) is 5.92 Å². The van der Waals surface area contributed by atoms with E-state index in [0.29, 0.717) is 5.92 Å². The first kappa shape index (κ1) is 10.9. The minimum absolute atomic E-state index is 0.587. The van der Waals surface area contributed by atoms with E-state index in [1.165, 1.54) is 10.5 Å². The minimum Gasteiger partial charge on any atom is -0.245 e. The third-order valence-electron chi connectivity index (χ3n) is 1.84. The fourth-order valence-electron chi connectivity index (χ4n) is 0.957. The second-order valence-corrected chi connectivity index (χ2v) is 5.14. The van der Waals surface area contributed by atoms with Crippen LogP contribution in [0.2, 0.25) is 0 Å². The molecule has 0 aliphatic heterocycles. The van der Waals surface area contributed by atoms with E-state index in [1.54, 1.807) is 11.3 Å². The van der Waals surface area contributed by atoms with E-state index in [1.807, 2.05) is 6.20 Å². The molecule has 1 rings (SSSR count). The molecule has 13 heavy (non-hydrogen) atoms. The molecule has 0 N–H and O–H groups in total. The molecule has 0 atom stereocenters. The first-order valence-corrected chi connectivity index (χ1v) is 6.26. The minimum atomic E-state index is 0.587. The van der Waals surface area contributed by atoms with Crippen molar-refractivity contribution >= 4 is 33.3 Å². The van der Waals surface area contributed by atoms with Gasteiger partial charge in [0.25, 0.3) is 0 Å². The summed E-state index contributed by atoms with van der Waals surface area (Å²) in [5.41, 5.74) is 1.40. The smallest absolute Gasteiger partial charge is 0.116 e. The molecule has 1 heterocycles. The second kappa shape index (κ2) is 4.91. The van der Waals surface area contributed by atoms with E-state index in [4.69, 9.17) is 0 Å². The predicted molar refractivity (Wildman–Crippen MR) is 63.5 cm³/mol. The summed E-state index contributed by atoms with van der Waals surface area (Å²) in [6, 6.07) is 0. The maximum absolute atomic E-state index is 4.31. The Kier molecular flexibility index (Phi) is 4.13. The Morgan fingerprint density at radius 2 is 2.38 bits per heavy atom. The standard InChI is InChI=1S/C10H14BrNS/c1-7(2)9(5-11)4-10-12-6-8(3)13-10/h4,6-7H,5H2,1-3H3/b9-4+. The van der Waals surface area contributed by atoms with Gasteiger partial charge in [0.1, 0.15) is 5.01 Å². The molecule has 0 radical (unpaired) electrons. The average molecular weight is 260 g/mol. The van der Waals surface area contributed by atoms with Gasteiger partial charge in [-0.15, -0.1) is 11.3 Å². The van der Waals surface area contributed by atoms with Gasteiger partial charge in [0, 0.05) is 16.4 Å². The molecular formula is C10H14BrNS. The van der Waals surface area contributed by atoms with Gasteiger partial charge in [0.2, 0.25) is 0 Å². The Bertz CT molecular complexity index is 302. The first-order valence-electron chi connectivity index (χ1n) is 4.32. The Morgan fingerprint density at radius 1 is 1.69 bits per heavy atom. The van der Waals surface area contributed by atoms with E-state index in [9.17, 15) is 0 Å². The lowest BCUT2D eigenvalue weighted by atomic mass is 10.1. The summed E-state index contributed by atoms with van der Waals surface area (Å²) in [6.07, 6.45) is 4.10. The van der Waals surface area contributed by atoms with Gasteiger partial charge >= 0.3 is 0 Å². The van der Waals surface area contributed by atoms with Crippen LogP contribution < -0.4 is 0 Å². The molecule has 0 amide bonds. The molecule has 0 aliphatic carbocycles. The summed E-state index contributed by atoms with van der Waals surface area (Å²) < 4.78 is 0. The molecule has 0 unspecified atom stereocenters. The zero-order chi connectivity index (χ0) is 9.84.